The van der Waals surface area contributed by atoms with Gasteiger partial charge in [0.05, 0.1) is 23.2 Å². The first-order valence-corrected chi connectivity index (χ1v) is 10.7. The van der Waals surface area contributed by atoms with Crippen LogP contribution in [0.2, 0.25) is 5.02 Å². The molecule has 0 saturated carbocycles. The number of rotatable bonds is 1. The number of fused-ring (bicyclic) bond motifs is 7. The highest BCUT2D eigenvalue weighted by Crippen LogP contribution is 2.61. The Bertz CT molecular complexity index is 1130. The minimum absolute atomic E-state index is 0.118. The Hall–Kier alpha value is -2.70. The van der Waals surface area contributed by atoms with Gasteiger partial charge in [0.25, 0.3) is 0 Å². The molecule has 6 rings (SSSR count). The molecule has 4 aliphatic heterocycles. The summed E-state index contributed by atoms with van der Waals surface area (Å²) < 4.78 is 0. The molecule has 7 heteroatoms. The van der Waals surface area contributed by atoms with Crippen LogP contribution in [0.25, 0.3) is 0 Å². The maximum atomic E-state index is 13.8. The predicted octanol–water partition coefficient (Wildman–Crippen LogP) is 3.08. The minimum Gasteiger partial charge on any atom is -0.324 e. The van der Waals surface area contributed by atoms with Gasteiger partial charge in [-0.1, -0.05) is 35.9 Å². The van der Waals surface area contributed by atoms with Crippen LogP contribution in [0.15, 0.2) is 42.5 Å². The molecule has 0 radical (unpaired) electrons. The van der Waals surface area contributed by atoms with Crippen molar-refractivity contribution in [1.29, 1.82) is 0 Å². The molecule has 152 valence electrons. The normalized spacial score (nSPS) is 32.0. The van der Waals surface area contributed by atoms with Crippen LogP contribution in [0.3, 0.4) is 0 Å². The standard InChI is InChI=1S/C23H20ClN3O3/c1-12-15(24)10-9-14-19(12)25-22(30)23(14)18-17(16-8-5-11-26(16)23)20(28)27(21(18)29)13-6-3-2-4-7-13/h2-4,6-7,9-10,16-18H,5,8,11H2,1H3,(H,25,30)/t16-,17+,18+,23+/m1/s1. The predicted molar refractivity (Wildman–Crippen MR) is 112 cm³/mol. The molecule has 6 nitrogen and oxygen atoms in total. The second kappa shape index (κ2) is 5.93. The number of hydrogen-bond acceptors (Lipinski definition) is 4. The van der Waals surface area contributed by atoms with Gasteiger partial charge in [0.15, 0.2) is 0 Å². The Morgan fingerprint density at radius 3 is 2.60 bits per heavy atom. The Labute approximate surface area is 178 Å². The summed E-state index contributed by atoms with van der Waals surface area (Å²) in [5.74, 6) is -1.97. The van der Waals surface area contributed by atoms with Crippen molar-refractivity contribution in [2.24, 2.45) is 11.8 Å². The van der Waals surface area contributed by atoms with Gasteiger partial charge < -0.3 is 5.32 Å². The van der Waals surface area contributed by atoms with Crippen molar-refractivity contribution in [2.75, 3.05) is 16.8 Å². The summed E-state index contributed by atoms with van der Waals surface area (Å²) in [6.45, 7) is 2.56. The zero-order chi connectivity index (χ0) is 20.8. The Kier molecular flexibility index (Phi) is 3.58. The Morgan fingerprint density at radius 2 is 1.83 bits per heavy atom. The van der Waals surface area contributed by atoms with Crippen molar-refractivity contribution in [3.05, 3.63) is 58.6 Å². The van der Waals surface area contributed by atoms with Crippen LogP contribution in [0.4, 0.5) is 11.4 Å². The van der Waals surface area contributed by atoms with Gasteiger partial charge in [0, 0.05) is 16.6 Å². The number of anilines is 2. The number of carbonyl (C=O) groups is 3. The van der Waals surface area contributed by atoms with E-state index >= 15 is 0 Å². The average Bonchev–Trinajstić information content (AvgIpc) is 3.44. The van der Waals surface area contributed by atoms with Gasteiger partial charge >= 0.3 is 0 Å². The minimum atomic E-state index is -1.16. The number of hydrogen-bond donors (Lipinski definition) is 1. The molecule has 0 bridgehead atoms. The fraction of sp³-hybridized carbons (Fsp3) is 0.348. The molecule has 4 aliphatic rings. The van der Waals surface area contributed by atoms with Gasteiger partial charge in [-0.3, -0.25) is 19.3 Å². The molecule has 0 unspecified atom stereocenters. The van der Waals surface area contributed by atoms with Crippen LogP contribution in [0.1, 0.15) is 24.0 Å². The average molecular weight is 422 g/mol. The molecule has 0 aliphatic carbocycles. The summed E-state index contributed by atoms with van der Waals surface area (Å²) in [4.78, 5) is 44.3. The van der Waals surface area contributed by atoms with E-state index in [-0.39, 0.29) is 23.8 Å². The van der Waals surface area contributed by atoms with Crippen molar-refractivity contribution in [3.8, 4) is 0 Å². The zero-order valence-corrected chi connectivity index (χ0v) is 17.1. The van der Waals surface area contributed by atoms with Crippen LogP contribution in [0, 0.1) is 18.8 Å². The van der Waals surface area contributed by atoms with Crippen molar-refractivity contribution < 1.29 is 14.4 Å². The molecular weight excluding hydrogens is 402 g/mol. The van der Waals surface area contributed by atoms with Crippen LogP contribution in [0.5, 0.6) is 0 Å². The Morgan fingerprint density at radius 1 is 1.07 bits per heavy atom. The van der Waals surface area contributed by atoms with E-state index in [9.17, 15) is 14.4 Å². The second-order valence-corrected chi connectivity index (χ2v) is 8.98. The van der Waals surface area contributed by atoms with Crippen molar-refractivity contribution in [2.45, 2.75) is 31.3 Å². The lowest BCUT2D eigenvalue weighted by Gasteiger charge is -2.36. The lowest BCUT2D eigenvalue weighted by atomic mass is 9.75. The first-order chi connectivity index (χ1) is 14.5. The lowest BCUT2D eigenvalue weighted by molar-refractivity contribution is -0.135. The molecule has 1 N–H and O–H groups in total. The topological polar surface area (TPSA) is 69.7 Å². The monoisotopic (exact) mass is 421 g/mol. The summed E-state index contributed by atoms with van der Waals surface area (Å²) in [5, 5.41) is 3.58. The zero-order valence-electron chi connectivity index (χ0n) is 16.4. The number of halogens is 1. The van der Waals surface area contributed by atoms with Gasteiger partial charge in [-0.2, -0.15) is 0 Å². The van der Waals surface area contributed by atoms with Gasteiger partial charge in [-0.15, -0.1) is 0 Å². The highest BCUT2D eigenvalue weighted by atomic mass is 35.5. The van der Waals surface area contributed by atoms with Gasteiger partial charge in [0.1, 0.15) is 5.54 Å². The largest absolute Gasteiger partial charge is 0.324 e. The van der Waals surface area contributed by atoms with E-state index in [0.29, 0.717) is 22.9 Å². The summed E-state index contributed by atoms with van der Waals surface area (Å²) >= 11 is 6.32. The fourth-order valence-corrected chi connectivity index (χ4v) is 6.38. The van der Waals surface area contributed by atoms with E-state index in [1.54, 1.807) is 18.2 Å². The third-order valence-electron chi connectivity index (χ3n) is 7.38. The van der Waals surface area contributed by atoms with E-state index in [4.69, 9.17) is 11.6 Å². The molecule has 3 saturated heterocycles. The first-order valence-electron chi connectivity index (χ1n) is 10.3. The highest BCUT2D eigenvalue weighted by Gasteiger charge is 2.74. The maximum Gasteiger partial charge on any atom is 0.250 e. The maximum absolute atomic E-state index is 13.8. The first kappa shape index (κ1) is 18.1. The Balaban J connectivity index is 1.59. The number of benzene rings is 2. The van der Waals surface area contributed by atoms with Gasteiger partial charge in [-0.05, 0) is 50.1 Å². The van der Waals surface area contributed by atoms with Crippen LogP contribution < -0.4 is 10.2 Å². The molecule has 3 fully saturated rings. The van der Waals surface area contributed by atoms with E-state index in [1.165, 1.54) is 4.90 Å². The number of para-hydroxylation sites is 1. The summed E-state index contributed by atoms with van der Waals surface area (Å²) in [7, 11) is 0. The van der Waals surface area contributed by atoms with Crippen LogP contribution in [-0.2, 0) is 19.9 Å². The van der Waals surface area contributed by atoms with Crippen LogP contribution >= 0.6 is 11.6 Å². The number of nitrogens with zero attached hydrogens (tertiary/aromatic N) is 2. The highest BCUT2D eigenvalue weighted by molar-refractivity contribution is 6.32. The molecule has 30 heavy (non-hydrogen) atoms. The van der Waals surface area contributed by atoms with E-state index < -0.39 is 17.4 Å². The number of imide groups is 1. The quantitative estimate of drug-likeness (QED) is 0.718. The van der Waals surface area contributed by atoms with Crippen LogP contribution in [-0.4, -0.2) is 35.2 Å². The molecule has 2 aromatic rings. The molecule has 2 aromatic carbocycles. The number of carbonyl (C=O) groups excluding carboxylic acids is 3. The molecule has 4 atom stereocenters. The van der Waals surface area contributed by atoms with E-state index in [0.717, 1.165) is 24.0 Å². The lowest BCUT2D eigenvalue weighted by Crippen LogP contribution is -2.54. The van der Waals surface area contributed by atoms with E-state index in [1.807, 2.05) is 31.2 Å². The summed E-state index contributed by atoms with van der Waals surface area (Å²) in [6, 6.07) is 12.5. The van der Waals surface area contributed by atoms with Crippen molar-refractivity contribution in [1.82, 2.24) is 4.90 Å². The number of nitrogens with one attached hydrogen (secondary N) is 1. The smallest absolute Gasteiger partial charge is 0.250 e. The number of amides is 3. The van der Waals surface area contributed by atoms with Gasteiger partial charge in [-0.25, -0.2) is 4.90 Å². The molecule has 4 heterocycles. The molecular formula is C23H20ClN3O3. The third kappa shape index (κ3) is 1.92. The third-order valence-corrected chi connectivity index (χ3v) is 7.79. The molecule has 3 amide bonds. The second-order valence-electron chi connectivity index (χ2n) is 8.57. The summed E-state index contributed by atoms with van der Waals surface area (Å²) in [6.07, 6.45) is 1.71. The van der Waals surface area contributed by atoms with Gasteiger partial charge in [0.2, 0.25) is 17.7 Å². The SMILES string of the molecule is Cc1c(Cl)ccc2c1NC(=O)[C@@]21[C@@H]2C(=O)N(c3ccccc3)C(=O)[C@H]2[C@H]2CCCN21. The molecule has 0 aromatic heterocycles. The summed E-state index contributed by atoms with van der Waals surface area (Å²) in [5.41, 5.74) is 1.64. The fourth-order valence-electron chi connectivity index (χ4n) is 6.22. The molecule has 1 spiro atoms. The van der Waals surface area contributed by atoms with E-state index in [2.05, 4.69) is 10.2 Å². The van der Waals surface area contributed by atoms with Crippen molar-refractivity contribution >= 4 is 40.7 Å². The van der Waals surface area contributed by atoms with Crippen molar-refractivity contribution in [3.63, 3.8) is 0 Å².